The van der Waals surface area contributed by atoms with Crippen LogP contribution in [-0.2, 0) is 16.8 Å². The summed E-state index contributed by atoms with van der Waals surface area (Å²) < 4.78 is 8.31. The van der Waals surface area contributed by atoms with Crippen LogP contribution in [-0.4, -0.2) is 5.54 Å². The molecule has 3 atom stereocenters. The molecule has 0 aromatic rings. The van der Waals surface area contributed by atoms with Crippen molar-refractivity contribution in [1.82, 2.24) is 3.80 Å². The molecule has 2 fully saturated rings. The standard InChI is InChI=1S/C9H11.C6H10.C4H10N.C2H4.Ti/c1-2-5-9-7-3-6-8(9)4-1;1-5(2)6(3)4;1-4(2,3)5;1-2;/h1-2,4-6,8-9H,3,7H2;1,3H2,2,4H3;5H,1-3H3;1-2H2;/q;;-1;;+1. The maximum atomic E-state index is 4.11. The first kappa shape index (κ1) is 19.0. The van der Waals surface area contributed by atoms with Gasteiger partial charge in [0.25, 0.3) is 0 Å². The molecule has 1 N–H and O–H groups in total. The van der Waals surface area contributed by atoms with Gasteiger partial charge in [-0.05, 0) is 13.8 Å². The molecule has 0 aromatic heterocycles. The Morgan fingerprint density at radius 2 is 1.57 bits per heavy atom. The first-order valence-electron chi connectivity index (χ1n) is 9.10. The summed E-state index contributed by atoms with van der Waals surface area (Å²) in [4.78, 5) is 0. The fourth-order valence-electron chi connectivity index (χ4n) is 4.07. The van der Waals surface area contributed by atoms with Gasteiger partial charge in [-0.15, -0.1) is 0 Å². The molecule has 128 valence electrons. The zero-order valence-corrected chi connectivity index (χ0v) is 17.3. The summed E-state index contributed by atoms with van der Waals surface area (Å²) in [7, 11) is 0. The second-order valence-corrected chi connectivity index (χ2v) is 15.5. The fourth-order valence-corrected chi connectivity index (χ4v) is 13.2. The van der Waals surface area contributed by atoms with Gasteiger partial charge < -0.3 is 0 Å². The average Bonchev–Trinajstić information content (AvgIpc) is 3.06. The van der Waals surface area contributed by atoms with Gasteiger partial charge in [0.15, 0.2) is 0 Å². The molecule has 2 aliphatic carbocycles. The third-order valence-electron chi connectivity index (χ3n) is 5.42. The van der Waals surface area contributed by atoms with Gasteiger partial charge in [0.1, 0.15) is 0 Å². The van der Waals surface area contributed by atoms with Crippen molar-refractivity contribution in [2.75, 3.05) is 0 Å². The van der Waals surface area contributed by atoms with E-state index in [0.717, 1.165) is 27.2 Å². The van der Waals surface area contributed by atoms with Crippen LogP contribution in [0.2, 0.25) is 13.7 Å². The molecule has 1 nitrogen and oxygen atoms in total. The van der Waals surface area contributed by atoms with Crippen molar-refractivity contribution in [1.29, 1.82) is 0 Å². The minimum absolute atomic E-state index is 0.336. The summed E-state index contributed by atoms with van der Waals surface area (Å²) >= 11 is -1.65. The van der Waals surface area contributed by atoms with Gasteiger partial charge in [-0.2, -0.15) is 0 Å². The zero-order chi connectivity index (χ0) is 17.3. The molecule has 3 rings (SSSR count). The van der Waals surface area contributed by atoms with Gasteiger partial charge in [0.05, 0.1) is 0 Å². The van der Waals surface area contributed by atoms with Crippen LogP contribution in [0.5, 0.6) is 0 Å². The molecule has 1 heterocycles. The molecule has 23 heavy (non-hydrogen) atoms. The van der Waals surface area contributed by atoms with Crippen molar-refractivity contribution in [2.24, 2.45) is 11.8 Å². The number of hydrogen-bond donors (Lipinski definition) is 1. The minimum atomic E-state index is -1.65. The Labute approximate surface area is 147 Å². The van der Waals surface area contributed by atoms with E-state index in [0.29, 0.717) is 5.54 Å². The van der Waals surface area contributed by atoms with Crippen LogP contribution in [0.4, 0.5) is 0 Å². The third kappa shape index (κ3) is 5.05. The van der Waals surface area contributed by atoms with Crippen LogP contribution >= 0.6 is 0 Å². The molecule has 1 saturated heterocycles. The van der Waals surface area contributed by atoms with Crippen LogP contribution in [0.3, 0.4) is 0 Å². The quantitative estimate of drug-likeness (QED) is 0.461. The molecule has 0 amide bonds. The molecule has 0 aromatic carbocycles. The predicted molar refractivity (Wildman–Crippen MR) is 100 cm³/mol. The van der Waals surface area contributed by atoms with Crippen LogP contribution < -0.4 is 3.80 Å². The average molecular weight is 349 g/mol. The van der Waals surface area contributed by atoms with E-state index in [1.165, 1.54) is 12.8 Å². The summed E-state index contributed by atoms with van der Waals surface area (Å²) in [5.74, 6) is 1.76. The van der Waals surface area contributed by atoms with Gasteiger partial charge in [-0.3, -0.25) is 0 Å². The molecular formula is C21H35NTi. The fraction of sp³-hybridized carbons (Fsp3) is 0.619. The first-order chi connectivity index (χ1) is 10.6. The Morgan fingerprint density at radius 1 is 1.00 bits per heavy atom. The maximum absolute atomic E-state index is 4.11. The first-order valence-corrected chi connectivity index (χ1v) is 13.0. The Balaban J connectivity index is 0.000000277. The molecule has 3 unspecified atom stereocenters. The van der Waals surface area contributed by atoms with Crippen LogP contribution in [0.25, 0.3) is 0 Å². The van der Waals surface area contributed by atoms with Crippen LogP contribution in [0.15, 0.2) is 48.6 Å². The Morgan fingerprint density at radius 3 is 2.04 bits per heavy atom. The molecule has 0 radical (unpaired) electrons. The van der Waals surface area contributed by atoms with E-state index in [1.54, 1.807) is 9.45 Å². The predicted octanol–water partition coefficient (Wildman–Crippen LogP) is 6.37. The summed E-state index contributed by atoms with van der Waals surface area (Å²) in [5.41, 5.74) is 2.47. The van der Waals surface area contributed by atoms with E-state index in [1.807, 2.05) is 13.8 Å². The second-order valence-electron chi connectivity index (χ2n) is 8.79. The number of fused-ring (bicyclic) bond motifs is 1. The summed E-state index contributed by atoms with van der Waals surface area (Å²) in [5, 5.41) is 0. The third-order valence-corrected chi connectivity index (χ3v) is 13.1. The van der Waals surface area contributed by atoms with E-state index in [-0.39, 0.29) is 0 Å². The molecule has 1 saturated carbocycles. The van der Waals surface area contributed by atoms with Crippen LogP contribution in [0.1, 0.15) is 47.5 Å². The van der Waals surface area contributed by atoms with Crippen molar-refractivity contribution >= 4 is 0 Å². The van der Waals surface area contributed by atoms with Gasteiger partial charge in [-0.1, -0.05) is 24.3 Å². The van der Waals surface area contributed by atoms with Crippen molar-refractivity contribution < 1.29 is 16.8 Å². The number of rotatable bonds is 3. The van der Waals surface area contributed by atoms with Gasteiger partial charge >= 0.3 is 110 Å². The molecule has 1 aliphatic heterocycles. The number of hydrogen-bond acceptors (Lipinski definition) is 1. The van der Waals surface area contributed by atoms with E-state index in [9.17, 15) is 0 Å². The second kappa shape index (κ2) is 7.25. The van der Waals surface area contributed by atoms with Crippen LogP contribution in [0, 0.1) is 11.8 Å². The molecule has 3 aliphatic rings. The van der Waals surface area contributed by atoms with Crippen molar-refractivity contribution in [3.8, 4) is 0 Å². The summed E-state index contributed by atoms with van der Waals surface area (Å²) in [6, 6.07) is 0. The van der Waals surface area contributed by atoms with Crippen molar-refractivity contribution in [2.45, 2.75) is 66.7 Å². The van der Waals surface area contributed by atoms with Crippen molar-refractivity contribution in [3.05, 3.63) is 48.6 Å². The van der Waals surface area contributed by atoms with Gasteiger partial charge in [-0.25, -0.2) is 0 Å². The molecular weight excluding hydrogens is 314 g/mol. The van der Waals surface area contributed by atoms with E-state index >= 15 is 0 Å². The normalized spacial score (nSPS) is 30.2. The van der Waals surface area contributed by atoms with Gasteiger partial charge in [0, 0.05) is 0 Å². The molecule has 2 heteroatoms. The Hall–Kier alpha value is -0.366. The van der Waals surface area contributed by atoms with E-state index < -0.39 is 16.8 Å². The molecule has 0 bridgehead atoms. The summed E-state index contributed by atoms with van der Waals surface area (Å²) in [6.45, 7) is 18.2. The topological polar surface area (TPSA) is 12.0 Å². The SMILES string of the molecule is C=C(C)C(=C)C.CC(C)(C)[NH][Ti]1([CH]2CCC3C=CC=CC32)[CH2][CH2]1. The number of allylic oxidation sites excluding steroid dienone is 6. The number of nitrogens with one attached hydrogen (secondary N) is 1. The Bertz CT molecular complexity index is 504. The zero-order valence-electron chi connectivity index (χ0n) is 15.8. The van der Waals surface area contributed by atoms with Gasteiger partial charge in [0.2, 0.25) is 0 Å². The summed E-state index contributed by atoms with van der Waals surface area (Å²) in [6.07, 6.45) is 12.4. The molecule has 0 spiro atoms. The van der Waals surface area contributed by atoms with E-state index in [2.05, 4.69) is 62.0 Å². The van der Waals surface area contributed by atoms with E-state index in [4.69, 9.17) is 0 Å². The monoisotopic (exact) mass is 349 g/mol. The Kier molecular flexibility index (Phi) is 5.98. The van der Waals surface area contributed by atoms with Crippen molar-refractivity contribution in [3.63, 3.8) is 0 Å².